The van der Waals surface area contributed by atoms with Crippen molar-refractivity contribution in [3.05, 3.63) is 29.8 Å². The Hall–Kier alpha value is -1.79. The van der Waals surface area contributed by atoms with Crippen molar-refractivity contribution in [3.63, 3.8) is 0 Å². The quantitative estimate of drug-likeness (QED) is 0.392. The fourth-order valence-corrected chi connectivity index (χ4v) is 3.26. The lowest BCUT2D eigenvalue weighted by atomic mass is 10.1. The number of rotatable bonds is 9. The molecule has 1 aromatic carbocycles. The Morgan fingerprint density at radius 1 is 1.11 bits per heavy atom. The van der Waals surface area contributed by atoms with Gasteiger partial charge < -0.3 is 25.2 Å². The number of aryl methyl sites for hydroxylation is 1. The summed E-state index contributed by atoms with van der Waals surface area (Å²) in [6.07, 6.45) is 0. The standard InChI is InChI=1S/C21H37N5O/c1-5-25-11-13-26(14-12-25)17-19(3)16-24-21(22-4)23-10-15-27-20-8-6-18(2)7-9-20/h6-9,19H,5,10-17H2,1-4H3,(H2,22,23,24). The second-order valence-corrected chi connectivity index (χ2v) is 7.38. The molecule has 0 radical (unpaired) electrons. The van der Waals surface area contributed by atoms with Gasteiger partial charge in [-0.3, -0.25) is 4.99 Å². The third kappa shape index (κ3) is 8.18. The second kappa shape index (κ2) is 11.8. The lowest BCUT2D eigenvalue weighted by Crippen LogP contribution is -2.48. The molecule has 0 aliphatic carbocycles. The lowest BCUT2D eigenvalue weighted by molar-refractivity contribution is 0.124. The normalized spacial score (nSPS) is 17.6. The van der Waals surface area contributed by atoms with E-state index in [1.165, 1.54) is 38.3 Å². The molecule has 6 nitrogen and oxygen atoms in total. The van der Waals surface area contributed by atoms with Crippen molar-refractivity contribution in [2.24, 2.45) is 10.9 Å². The summed E-state index contributed by atoms with van der Waals surface area (Å²) in [5.74, 6) is 2.33. The first kappa shape index (κ1) is 21.5. The number of piperazine rings is 1. The Bertz CT molecular complexity index is 552. The Morgan fingerprint density at radius 3 is 2.41 bits per heavy atom. The van der Waals surface area contributed by atoms with Crippen molar-refractivity contribution in [1.29, 1.82) is 0 Å². The Kier molecular flexibility index (Phi) is 9.42. The molecule has 152 valence electrons. The Balaban J connectivity index is 1.58. The molecular formula is C21H37N5O. The van der Waals surface area contributed by atoms with Gasteiger partial charge in [0.2, 0.25) is 0 Å². The fraction of sp³-hybridized carbons (Fsp3) is 0.667. The highest BCUT2D eigenvalue weighted by atomic mass is 16.5. The molecule has 0 saturated carbocycles. The molecule has 1 saturated heterocycles. The number of guanidine groups is 1. The van der Waals surface area contributed by atoms with Crippen LogP contribution in [0.25, 0.3) is 0 Å². The van der Waals surface area contributed by atoms with Gasteiger partial charge in [0.25, 0.3) is 0 Å². The minimum absolute atomic E-state index is 0.584. The first-order valence-electron chi connectivity index (χ1n) is 10.2. The van der Waals surface area contributed by atoms with Crippen LogP contribution in [-0.2, 0) is 0 Å². The van der Waals surface area contributed by atoms with E-state index < -0.39 is 0 Å². The van der Waals surface area contributed by atoms with Gasteiger partial charge in [-0.2, -0.15) is 0 Å². The van der Waals surface area contributed by atoms with E-state index >= 15 is 0 Å². The van der Waals surface area contributed by atoms with Gasteiger partial charge in [0.05, 0.1) is 6.54 Å². The molecule has 27 heavy (non-hydrogen) atoms. The molecular weight excluding hydrogens is 338 g/mol. The number of ether oxygens (including phenoxy) is 1. The van der Waals surface area contributed by atoms with E-state index in [9.17, 15) is 0 Å². The van der Waals surface area contributed by atoms with Crippen molar-refractivity contribution in [3.8, 4) is 5.75 Å². The molecule has 2 rings (SSSR count). The summed E-state index contributed by atoms with van der Waals surface area (Å²) in [6.45, 7) is 15.9. The summed E-state index contributed by atoms with van der Waals surface area (Å²) in [5, 5.41) is 6.75. The average molecular weight is 376 g/mol. The summed E-state index contributed by atoms with van der Waals surface area (Å²) in [7, 11) is 1.81. The van der Waals surface area contributed by atoms with Gasteiger partial charge >= 0.3 is 0 Å². The van der Waals surface area contributed by atoms with Crippen LogP contribution in [0, 0.1) is 12.8 Å². The van der Waals surface area contributed by atoms with E-state index in [1.54, 1.807) is 0 Å². The topological polar surface area (TPSA) is 52.1 Å². The first-order chi connectivity index (χ1) is 13.1. The minimum Gasteiger partial charge on any atom is -0.492 e. The van der Waals surface area contributed by atoms with Crippen molar-refractivity contribution in [1.82, 2.24) is 20.4 Å². The van der Waals surface area contributed by atoms with Crippen molar-refractivity contribution in [2.75, 3.05) is 66.0 Å². The largest absolute Gasteiger partial charge is 0.492 e. The number of likely N-dealkylation sites (N-methyl/N-ethyl adjacent to an activating group) is 1. The molecule has 2 N–H and O–H groups in total. The lowest BCUT2D eigenvalue weighted by Gasteiger charge is -2.35. The molecule has 0 bridgehead atoms. The van der Waals surface area contributed by atoms with E-state index in [-0.39, 0.29) is 0 Å². The second-order valence-electron chi connectivity index (χ2n) is 7.38. The van der Waals surface area contributed by atoms with E-state index in [0.29, 0.717) is 12.5 Å². The number of benzene rings is 1. The zero-order chi connectivity index (χ0) is 19.5. The number of aliphatic imine (C=N–C) groups is 1. The van der Waals surface area contributed by atoms with Crippen molar-refractivity contribution < 1.29 is 4.74 Å². The van der Waals surface area contributed by atoms with Crippen LogP contribution < -0.4 is 15.4 Å². The van der Waals surface area contributed by atoms with E-state index in [0.717, 1.165) is 31.3 Å². The summed E-state index contributed by atoms with van der Waals surface area (Å²) in [4.78, 5) is 9.39. The Labute approximate surface area is 165 Å². The maximum atomic E-state index is 5.74. The third-order valence-corrected chi connectivity index (χ3v) is 5.01. The van der Waals surface area contributed by atoms with Crippen LogP contribution in [0.2, 0.25) is 0 Å². The predicted octanol–water partition coefficient (Wildman–Crippen LogP) is 1.81. The molecule has 0 spiro atoms. The molecule has 1 unspecified atom stereocenters. The zero-order valence-corrected chi connectivity index (χ0v) is 17.5. The fourth-order valence-electron chi connectivity index (χ4n) is 3.26. The maximum Gasteiger partial charge on any atom is 0.191 e. The molecule has 0 aromatic heterocycles. The summed E-state index contributed by atoms with van der Waals surface area (Å²) in [6, 6.07) is 8.13. The smallest absolute Gasteiger partial charge is 0.191 e. The van der Waals surface area contributed by atoms with Crippen LogP contribution in [0.15, 0.2) is 29.3 Å². The maximum absolute atomic E-state index is 5.74. The Morgan fingerprint density at radius 2 is 1.78 bits per heavy atom. The van der Waals surface area contributed by atoms with Gasteiger partial charge in [-0.25, -0.2) is 0 Å². The molecule has 1 heterocycles. The number of nitrogens with zero attached hydrogens (tertiary/aromatic N) is 3. The molecule has 1 aliphatic heterocycles. The van der Waals surface area contributed by atoms with Crippen LogP contribution >= 0.6 is 0 Å². The predicted molar refractivity (Wildman–Crippen MR) is 114 cm³/mol. The van der Waals surface area contributed by atoms with Gasteiger partial charge in [-0.05, 0) is 31.5 Å². The van der Waals surface area contributed by atoms with Gasteiger partial charge in [-0.15, -0.1) is 0 Å². The molecule has 0 amide bonds. The number of hydrogen-bond donors (Lipinski definition) is 2. The third-order valence-electron chi connectivity index (χ3n) is 5.01. The highest BCUT2D eigenvalue weighted by Gasteiger charge is 2.17. The summed E-state index contributed by atoms with van der Waals surface area (Å²) in [5.41, 5.74) is 1.24. The summed E-state index contributed by atoms with van der Waals surface area (Å²) >= 11 is 0. The van der Waals surface area contributed by atoms with Crippen LogP contribution in [0.5, 0.6) is 5.75 Å². The van der Waals surface area contributed by atoms with Gasteiger partial charge in [-0.1, -0.05) is 31.5 Å². The first-order valence-corrected chi connectivity index (χ1v) is 10.2. The van der Waals surface area contributed by atoms with Crippen LogP contribution in [0.3, 0.4) is 0 Å². The average Bonchev–Trinajstić information content (AvgIpc) is 2.69. The van der Waals surface area contributed by atoms with Gasteiger partial charge in [0.15, 0.2) is 5.96 Å². The summed E-state index contributed by atoms with van der Waals surface area (Å²) < 4.78 is 5.74. The highest BCUT2D eigenvalue weighted by Crippen LogP contribution is 2.10. The van der Waals surface area contributed by atoms with Crippen LogP contribution in [0.1, 0.15) is 19.4 Å². The molecule has 1 fully saturated rings. The SMILES string of the molecule is CCN1CCN(CC(C)CNC(=NC)NCCOc2ccc(C)cc2)CC1. The van der Waals surface area contributed by atoms with E-state index in [1.807, 2.05) is 19.2 Å². The van der Waals surface area contributed by atoms with Crippen molar-refractivity contribution in [2.45, 2.75) is 20.8 Å². The highest BCUT2D eigenvalue weighted by molar-refractivity contribution is 5.79. The van der Waals surface area contributed by atoms with Gasteiger partial charge in [0, 0.05) is 46.3 Å². The van der Waals surface area contributed by atoms with E-state index in [2.05, 4.69) is 58.3 Å². The molecule has 1 aromatic rings. The monoisotopic (exact) mass is 375 g/mol. The molecule has 1 aliphatic rings. The van der Waals surface area contributed by atoms with Crippen LogP contribution in [-0.4, -0.2) is 81.8 Å². The molecule has 6 heteroatoms. The zero-order valence-electron chi connectivity index (χ0n) is 17.5. The number of hydrogen-bond acceptors (Lipinski definition) is 4. The van der Waals surface area contributed by atoms with Crippen LogP contribution in [0.4, 0.5) is 0 Å². The van der Waals surface area contributed by atoms with Gasteiger partial charge in [0.1, 0.15) is 12.4 Å². The van der Waals surface area contributed by atoms with Crippen molar-refractivity contribution >= 4 is 5.96 Å². The molecule has 1 atom stereocenters. The number of nitrogens with one attached hydrogen (secondary N) is 2. The minimum atomic E-state index is 0.584. The van der Waals surface area contributed by atoms with E-state index in [4.69, 9.17) is 4.74 Å².